The van der Waals surface area contributed by atoms with Crippen molar-refractivity contribution in [1.82, 2.24) is 9.97 Å². The number of fused-ring (bicyclic) bond motifs is 1. The monoisotopic (exact) mass is 367 g/mol. The van der Waals surface area contributed by atoms with Gasteiger partial charge in [-0.25, -0.2) is 4.98 Å². The third-order valence-electron chi connectivity index (χ3n) is 3.74. The normalized spacial score (nSPS) is 14.6. The summed E-state index contributed by atoms with van der Waals surface area (Å²) in [5.74, 6) is -0.579. The molecular weight excluding hydrogens is 351 g/mol. The molecule has 4 N–H and O–H groups in total. The average Bonchev–Trinajstić information content (AvgIpc) is 2.93. The van der Waals surface area contributed by atoms with E-state index in [1.807, 2.05) is 0 Å². The van der Waals surface area contributed by atoms with Gasteiger partial charge in [-0.15, -0.1) is 0 Å². The van der Waals surface area contributed by atoms with Crippen molar-refractivity contribution in [2.24, 2.45) is 0 Å². The van der Waals surface area contributed by atoms with Gasteiger partial charge in [0.25, 0.3) is 0 Å². The lowest BCUT2D eigenvalue weighted by molar-refractivity contribution is -0.137. The molecule has 2 aromatic rings. The maximum Gasteiger partial charge on any atom is 0.421 e. The molecule has 0 saturated carbocycles. The Kier molecular flexibility index (Phi) is 4.68. The third kappa shape index (κ3) is 3.85. The number of aliphatic hydroxyl groups is 1. The zero-order valence-corrected chi connectivity index (χ0v) is 13.7. The van der Waals surface area contributed by atoms with Gasteiger partial charge in [0.1, 0.15) is 11.4 Å². The van der Waals surface area contributed by atoms with E-state index in [9.17, 15) is 18.0 Å². The lowest BCUT2D eigenvalue weighted by Gasteiger charge is -2.17. The summed E-state index contributed by atoms with van der Waals surface area (Å²) in [5, 5.41) is 17.1. The maximum absolute atomic E-state index is 13.1. The molecule has 2 heterocycles. The van der Waals surface area contributed by atoms with E-state index < -0.39 is 23.6 Å². The molecule has 3 rings (SSSR count). The standard InChI is InChI=1S/C16H16F3N5O2/c1-8(7-25)21-14-11(16(17,18)19)6-20-15(24-14)22-10-2-3-12-9(4-10)5-13(26)23-12/h2-4,6,8,25H,5,7H2,1H3,(H,23,26)(H2,20,21,22,24)/t8-/m1/s1. The molecule has 1 aromatic heterocycles. The highest BCUT2D eigenvalue weighted by Crippen LogP contribution is 2.34. The van der Waals surface area contributed by atoms with Gasteiger partial charge in [-0.2, -0.15) is 18.2 Å². The van der Waals surface area contributed by atoms with Crippen LogP contribution >= 0.6 is 0 Å². The molecule has 0 fully saturated rings. The van der Waals surface area contributed by atoms with Gasteiger partial charge in [0.15, 0.2) is 0 Å². The first kappa shape index (κ1) is 17.9. The Hall–Kier alpha value is -2.88. The second-order valence-electron chi connectivity index (χ2n) is 5.90. The van der Waals surface area contributed by atoms with Crippen LogP contribution in [0.4, 0.5) is 36.3 Å². The van der Waals surface area contributed by atoms with Crippen molar-refractivity contribution in [1.29, 1.82) is 0 Å². The molecule has 7 nitrogen and oxygen atoms in total. The lowest BCUT2D eigenvalue weighted by atomic mass is 10.1. The molecular formula is C16H16F3N5O2. The zero-order chi connectivity index (χ0) is 18.9. The summed E-state index contributed by atoms with van der Waals surface area (Å²) in [6.45, 7) is 1.18. The molecule has 10 heteroatoms. The Morgan fingerprint density at radius 1 is 1.38 bits per heavy atom. The van der Waals surface area contributed by atoms with Gasteiger partial charge in [-0.3, -0.25) is 4.79 Å². The molecule has 0 bridgehead atoms. The van der Waals surface area contributed by atoms with E-state index >= 15 is 0 Å². The number of rotatable bonds is 5. The third-order valence-corrected chi connectivity index (χ3v) is 3.74. The van der Waals surface area contributed by atoms with Gasteiger partial charge in [0.05, 0.1) is 13.0 Å². The quantitative estimate of drug-likeness (QED) is 0.648. The van der Waals surface area contributed by atoms with Crippen LogP contribution in [0, 0.1) is 0 Å². The number of nitrogens with one attached hydrogen (secondary N) is 3. The number of alkyl halides is 3. The number of aliphatic hydroxyl groups excluding tert-OH is 1. The SMILES string of the molecule is C[C@H](CO)Nc1nc(Nc2ccc3c(c2)CC(=O)N3)ncc1C(F)(F)F. The van der Waals surface area contributed by atoms with Crippen molar-refractivity contribution < 1.29 is 23.1 Å². The predicted octanol–water partition coefficient (Wildman–Crippen LogP) is 2.53. The Morgan fingerprint density at radius 2 is 2.15 bits per heavy atom. The number of benzene rings is 1. The van der Waals surface area contributed by atoms with Gasteiger partial charge in [0, 0.05) is 23.6 Å². The molecule has 1 aliphatic heterocycles. The molecule has 0 radical (unpaired) electrons. The number of anilines is 4. The van der Waals surface area contributed by atoms with E-state index in [4.69, 9.17) is 5.11 Å². The van der Waals surface area contributed by atoms with Gasteiger partial charge in [-0.05, 0) is 30.7 Å². The summed E-state index contributed by atoms with van der Waals surface area (Å²) in [7, 11) is 0. The van der Waals surface area contributed by atoms with E-state index in [0.29, 0.717) is 17.6 Å². The van der Waals surface area contributed by atoms with Gasteiger partial charge >= 0.3 is 6.18 Å². The van der Waals surface area contributed by atoms with Crippen molar-refractivity contribution in [3.05, 3.63) is 35.5 Å². The van der Waals surface area contributed by atoms with E-state index in [0.717, 1.165) is 5.56 Å². The smallest absolute Gasteiger partial charge is 0.394 e. The van der Waals surface area contributed by atoms with Crippen LogP contribution in [0.2, 0.25) is 0 Å². The number of amides is 1. The number of hydrogen-bond acceptors (Lipinski definition) is 6. The number of aromatic nitrogens is 2. The van der Waals surface area contributed by atoms with Crippen molar-refractivity contribution in [2.45, 2.75) is 25.6 Å². The molecule has 0 aliphatic carbocycles. The number of carbonyl (C=O) groups is 1. The highest BCUT2D eigenvalue weighted by atomic mass is 19.4. The largest absolute Gasteiger partial charge is 0.421 e. The first-order chi connectivity index (χ1) is 12.3. The Labute approximate surface area is 146 Å². The van der Waals surface area contributed by atoms with E-state index in [-0.39, 0.29) is 24.9 Å². The molecule has 1 aliphatic rings. The Balaban J connectivity index is 1.87. The van der Waals surface area contributed by atoms with Crippen LogP contribution in [0.5, 0.6) is 0 Å². The summed E-state index contributed by atoms with van der Waals surface area (Å²) in [6.07, 6.45) is -3.71. The van der Waals surface area contributed by atoms with E-state index in [2.05, 4.69) is 25.9 Å². The van der Waals surface area contributed by atoms with Crippen molar-refractivity contribution >= 4 is 29.0 Å². The highest BCUT2D eigenvalue weighted by Gasteiger charge is 2.35. The fourth-order valence-corrected chi connectivity index (χ4v) is 2.47. The number of nitrogens with zero attached hydrogens (tertiary/aromatic N) is 2. The molecule has 1 atom stereocenters. The Morgan fingerprint density at radius 3 is 2.85 bits per heavy atom. The van der Waals surface area contributed by atoms with Gasteiger partial charge < -0.3 is 21.1 Å². The number of hydrogen-bond donors (Lipinski definition) is 4. The van der Waals surface area contributed by atoms with Gasteiger partial charge in [-0.1, -0.05) is 0 Å². The van der Waals surface area contributed by atoms with E-state index in [1.54, 1.807) is 18.2 Å². The highest BCUT2D eigenvalue weighted by molar-refractivity contribution is 5.99. The van der Waals surface area contributed by atoms with Crippen LogP contribution in [-0.4, -0.2) is 33.6 Å². The van der Waals surface area contributed by atoms with Crippen LogP contribution in [0.3, 0.4) is 0 Å². The molecule has 1 amide bonds. The number of carbonyl (C=O) groups excluding carboxylic acids is 1. The second kappa shape index (κ2) is 6.79. The minimum atomic E-state index is -4.63. The van der Waals surface area contributed by atoms with Crippen LogP contribution in [0.25, 0.3) is 0 Å². The predicted molar refractivity (Wildman–Crippen MR) is 89.3 cm³/mol. The lowest BCUT2D eigenvalue weighted by Crippen LogP contribution is -2.23. The van der Waals surface area contributed by atoms with Crippen LogP contribution < -0.4 is 16.0 Å². The fourth-order valence-electron chi connectivity index (χ4n) is 2.47. The summed E-state index contributed by atoms with van der Waals surface area (Å²) < 4.78 is 39.3. The van der Waals surface area contributed by atoms with Crippen LogP contribution in [0.15, 0.2) is 24.4 Å². The number of halogens is 3. The second-order valence-corrected chi connectivity index (χ2v) is 5.90. The summed E-state index contributed by atoms with van der Waals surface area (Å²) in [5.41, 5.74) is 1.00. The molecule has 1 aromatic carbocycles. The fraction of sp³-hybridized carbons (Fsp3) is 0.312. The van der Waals surface area contributed by atoms with Gasteiger partial charge in [0.2, 0.25) is 11.9 Å². The van der Waals surface area contributed by atoms with Crippen LogP contribution in [0.1, 0.15) is 18.1 Å². The molecule has 138 valence electrons. The first-order valence-corrected chi connectivity index (χ1v) is 7.77. The minimum Gasteiger partial charge on any atom is -0.394 e. The summed E-state index contributed by atoms with van der Waals surface area (Å²) in [4.78, 5) is 19.0. The molecule has 0 saturated heterocycles. The molecule has 0 spiro atoms. The Bertz CT molecular complexity index is 841. The zero-order valence-electron chi connectivity index (χ0n) is 13.7. The average molecular weight is 367 g/mol. The maximum atomic E-state index is 13.1. The topological polar surface area (TPSA) is 99.2 Å². The van der Waals surface area contributed by atoms with Crippen LogP contribution in [-0.2, 0) is 17.4 Å². The first-order valence-electron chi connectivity index (χ1n) is 7.77. The summed E-state index contributed by atoms with van der Waals surface area (Å²) >= 11 is 0. The summed E-state index contributed by atoms with van der Waals surface area (Å²) in [6, 6.07) is 4.45. The molecule has 0 unspecified atom stereocenters. The van der Waals surface area contributed by atoms with Crippen molar-refractivity contribution in [2.75, 3.05) is 22.6 Å². The van der Waals surface area contributed by atoms with E-state index in [1.165, 1.54) is 6.92 Å². The van der Waals surface area contributed by atoms with Crippen molar-refractivity contribution in [3.8, 4) is 0 Å². The molecule has 26 heavy (non-hydrogen) atoms. The van der Waals surface area contributed by atoms with Crippen molar-refractivity contribution in [3.63, 3.8) is 0 Å². The minimum absolute atomic E-state index is 0.0390.